The van der Waals surface area contributed by atoms with Gasteiger partial charge in [0, 0.05) is 12.6 Å². The predicted molar refractivity (Wildman–Crippen MR) is 67.3 cm³/mol. The second-order valence-corrected chi connectivity index (χ2v) is 5.00. The Morgan fingerprint density at radius 1 is 1.35 bits per heavy atom. The molecule has 0 aliphatic carbocycles. The van der Waals surface area contributed by atoms with Gasteiger partial charge in [-0.05, 0) is 34.5 Å². The molecule has 0 aliphatic rings. The highest BCUT2D eigenvalue weighted by Gasteiger charge is 2.10. The van der Waals surface area contributed by atoms with Crippen molar-refractivity contribution in [3.8, 4) is 5.75 Å². The molecule has 1 aromatic rings. The number of hydrogen-bond acceptors (Lipinski definition) is 2. The normalized spacial score (nSPS) is 10.9. The van der Waals surface area contributed by atoms with Gasteiger partial charge in [-0.3, -0.25) is 0 Å². The van der Waals surface area contributed by atoms with Crippen LogP contribution in [0.1, 0.15) is 13.8 Å². The van der Waals surface area contributed by atoms with E-state index in [1.165, 1.54) is 6.07 Å². The second kappa shape index (κ2) is 6.91. The summed E-state index contributed by atoms with van der Waals surface area (Å²) in [6, 6.07) is 1.99. The molecule has 0 unspecified atom stereocenters. The molecule has 0 heterocycles. The van der Waals surface area contributed by atoms with Crippen LogP contribution in [0.5, 0.6) is 5.75 Å². The molecule has 96 valence electrons. The first-order valence-corrected chi connectivity index (χ1v) is 6.28. The van der Waals surface area contributed by atoms with E-state index in [9.17, 15) is 8.78 Å². The summed E-state index contributed by atoms with van der Waals surface area (Å²) >= 11 is 3.06. The number of rotatable bonds is 6. The first-order valence-electron chi connectivity index (χ1n) is 5.48. The molecule has 0 fully saturated rings. The Hall–Kier alpha value is -0.680. The first-order chi connectivity index (χ1) is 8.00. The number of halogens is 3. The summed E-state index contributed by atoms with van der Waals surface area (Å²) in [5.74, 6) is -0.706. The zero-order valence-corrected chi connectivity index (χ0v) is 11.5. The van der Waals surface area contributed by atoms with Crippen molar-refractivity contribution in [2.24, 2.45) is 5.92 Å². The highest BCUT2D eigenvalue weighted by Crippen LogP contribution is 2.28. The Balaban J connectivity index is 2.42. The Morgan fingerprint density at radius 3 is 2.65 bits per heavy atom. The van der Waals surface area contributed by atoms with Crippen LogP contribution in [-0.2, 0) is 0 Å². The lowest BCUT2D eigenvalue weighted by molar-refractivity contribution is 0.293. The molecule has 17 heavy (non-hydrogen) atoms. The predicted octanol–water partition coefficient (Wildman–Crippen LogP) is 3.35. The van der Waals surface area contributed by atoms with Gasteiger partial charge in [0.1, 0.15) is 12.4 Å². The molecule has 1 N–H and O–H groups in total. The smallest absolute Gasteiger partial charge is 0.169 e. The fourth-order valence-electron chi connectivity index (χ4n) is 1.28. The number of benzene rings is 1. The Morgan fingerprint density at radius 2 is 2.06 bits per heavy atom. The Kier molecular flexibility index (Phi) is 5.85. The van der Waals surface area contributed by atoms with Crippen molar-refractivity contribution in [3.05, 3.63) is 28.2 Å². The minimum Gasteiger partial charge on any atom is -0.488 e. The van der Waals surface area contributed by atoms with E-state index in [1.807, 2.05) is 0 Å². The van der Waals surface area contributed by atoms with Crippen LogP contribution >= 0.6 is 15.9 Å². The summed E-state index contributed by atoms with van der Waals surface area (Å²) in [6.45, 7) is 6.06. The maximum absolute atomic E-state index is 13.3. The van der Waals surface area contributed by atoms with Crippen molar-refractivity contribution in [1.82, 2.24) is 5.32 Å². The maximum atomic E-state index is 13.3. The number of nitrogens with one attached hydrogen (secondary N) is 1. The third kappa shape index (κ3) is 5.00. The lowest BCUT2D eigenvalue weighted by Gasteiger charge is -2.11. The first kappa shape index (κ1) is 14.4. The summed E-state index contributed by atoms with van der Waals surface area (Å²) in [5.41, 5.74) is 0. The van der Waals surface area contributed by atoms with Gasteiger partial charge in [0.05, 0.1) is 4.47 Å². The van der Waals surface area contributed by atoms with Gasteiger partial charge in [0.15, 0.2) is 11.6 Å². The largest absolute Gasteiger partial charge is 0.488 e. The molecular formula is C12H16BrF2NO. The topological polar surface area (TPSA) is 21.3 Å². The third-order valence-electron chi connectivity index (χ3n) is 2.04. The maximum Gasteiger partial charge on any atom is 0.169 e. The van der Waals surface area contributed by atoms with E-state index in [1.54, 1.807) is 0 Å². The molecule has 0 saturated carbocycles. The highest BCUT2D eigenvalue weighted by molar-refractivity contribution is 9.10. The van der Waals surface area contributed by atoms with E-state index >= 15 is 0 Å². The minimum absolute atomic E-state index is 0.0535. The van der Waals surface area contributed by atoms with Crippen LogP contribution in [0.4, 0.5) is 8.78 Å². The van der Waals surface area contributed by atoms with Crippen molar-refractivity contribution in [3.63, 3.8) is 0 Å². The summed E-state index contributed by atoms with van der Waals surface area (Å²) in [7, 11) is 0. The molecule has 0 atom stereocenters. The van der Waals surface area contributed by atoms with Crippen molar-refractivity contribution in [2.45, 2.75) is 13.8 Å². The highest BCUT2D eigenvalue weighted by atomic mass is 79.9. The molecule has 1 rings (SSSR count). The molecule has 0 aromatic heterocycles. The van der Waals surface area contributed by atoms with Crippen LogP contribution in [-0.4, -0.2) is 19.7 Å². The summed E-state index contributed by atoms with van der Waals surface area (Å²) in [6.07, 6.45) is 0. The van der Waals surface area contributed by atoms with E-state index in [0.717, 1.165) is 12.6 Å². The van der Waals surface area contributed by atoms with E-state index in [0.29, 0.717) is 23.5 Å². The lowest BCUT2D eigenvalue weighted by Crippen LogP contribution is -2.25. The van der Waals surface area contributed by atoms with Crippen LogP contribution in [0.2, 0.25) is 0 Å². The molecule has 2 nitrogen and oxygen atoms in total. The zero-order valence-electron chi connectivity index (χ0n) is 9.90. The quantitative estimate of drug-likeness (QED) is 0.814. The second-order valence-electron chi connectivity index (χ2n) is 4.14. The zero-order chi connectivity index (χ0) is 12.8. The molecule has 0 saturated heterocycles. The molecule has 0 radical (unpaired) electrons. The average Bonchev–Trinajstić information content (AvgIpc) is 2.20. The van der Waals surface area contributed by atoms with Gasteiger partial charge in [0.25, 0.3) is 0 Å². The summed E-state index contributed by atoms with van der Waals surface area (Å²) in [4.78, 5) is 0. The molecule has 0 aliphatic heterocycles. The lowest BCUT2D eigenvalue weighted by atomic mass is 10.2. The summed E-state index contributed by atoms with van der Waals surface area (Å²) in [5, 5.41) is 3.17. The fourth-order valence-corrected chi connectivity index (χ4v) is 1.81. The van der Waals surface area contributed by atoms with E-state index in [2.05, 4.69) is 35.1 Å². The number of hydrogen-bond donors (Lipinski definition) is 1. The van der Waals surface area contributed by atoms with Crippen LogP contribution in [0.3, 0.4) is 0 Å². The molecule has 0 spiro atoms. The van der Waals surface area contributed by atoms with Crippen molar-refractivity contribution >= 4 is 15.9 Å². The average molecular weight is 308 g/mol. The van der Waals surface area contributed by atoms with E-state index in [-0.39, 0.29) is 5.75 Å². The molecular weight excluding hydrogens is 292 g/mol. The van der Waals surface area contributed by atoms with Gasteiger partial charge >= 0.3 is 0 Å². The Labute approximate surface area is 108 Å². The van der Waals surface area contributed by atoms with Gasteiger partial charge in [-0.2, -0.15) is 0 Å². The molecule has 0 amide bonds. The van der Waals surface area contributed by atoms with E-state index in [4.69, 9.17) is 4.74 Å². The molecule has 5 heteroatoms. The van der Waals surface area contributed by atoms with Gasteiger partial charge < -0.3 is 10.1 Å². The third-order valence-corrected chi connectivity index (χ3v) is 2.63. The van der Waals surface area contributed by atoms with Crippen LogP contribution < -0.4 is 10.1 Å². The van der Waals surface area contributed by atoms with Crippen LogP contribution in [0, 0.1) is 17.6 Å². The fraction of sp³-hybridized carbons (Fsp3) is 0.500. The standard InChI is InChI=1S/C12H16BrF2NO/c1-8(2)7-16-3-4-17-12-10(13)5-9(14)6-11(12)15/h5-6,8,16H,3-4,7H2,1-2H3. The Bertz CT molecular complexity index is 349. The SMILES string of the molecule is CC(C)CNCCOc1c(F)cc(F)cc1Br. The monoisotopic (exact) mass is 307 g/mol. The van der Waals surface area contributed by atoms with E-state index < -0.39 is 11.6 Å². The minimum atomic E-state index is -0.694. The van der Waals surface area contributed by atoms with Gasteiger partial charge in [0.2, 0.25) is 0 Å². The summed E-state index contributed by atoms with van der Waals surface area (Å²) < 4.78 is 31.7. The van der Waals surface area contributed by atoms with Gasteiger partial charge in [-0.15, -0.1) is 0 Å². The van der Waals surface area contributed by atoms with Crippen molar-refractivity contribution in [2.75, 3.05) is 19.7 Å². The van der Waals surface area contributed by atoms with Gasteiger partial charge in [-0.25, -0.2) is 8.78 Å². The van der Waals surface area contributed by atoms with Crippen molar-refractivity contribution < 1.29 is 13.5 Å². The molecule has 1 aromatic carbocycles. The van der Waals surface area contributed by atoms with Crippen LogP contribution in [0.15, 0.2) is 16.6 Å². The number of ether oxygens (including phenoxy) is 1. The van der Waals surface area contributed by atoms with Gasteiger partial charge in [-0.1, -0.05) is 13.8 Å². The molecule has 0 bridgehead atoms. The van der Waals surface area contributed by atoms with Crippen molar-refractivity contribution in [1.29, 1.82) is 0 Å². The van der Waals surface area contributed by atoms with Crippen LogP contribution in [0.25, 0.3) is 0 Å².